The molecule has 2 saturated heterocycles. The largest absolute Gasteiger partial charge is 0.366 e. The van der Waals surface area contributed by atoms with Crippen molar-refractivity contribution >= 4 is 29.7 Å². The second-order valence-corrected chi connectivity index (χ2v) is 5.26. The van der Waals surface area contributed by atoms with Gasteiger partial charge >= 0.3 is 0 Å². The highest BCUT2D eigenvalue weighted by molar-refractivity contribution is 6.29. The predicted molar refractivity (Wildman–Crippen MR) is 73.2 cm³/mol. The first-order valence-electron chi connectivity index (χ1n) is 5.81. The maximum absolute atomic E-state index is 5.81. The summed E-state index contributed by atoms with van der Waals surface area (Å²) in [6, 6.07) is 4.63. The number of aromatic nitrogens is 1. The zero-order chi connectivity index (χ0) is 11.1. The Morgan fingerprint density at radius 1 is 1.35 bits per heavy atom. The van der Waals surface area contributed by atoms with Crippen LogP contribution in [0.1, 0.15) is 6.42 Å². The number of anilines is 1. The summed E-state index contributed by atoms with van der Waals surface area (Å²) in [5.41, 5.74) is 1.22. The Hall–Kier alpha value is -0.510. The predicted octanol–water partition coefficient (Wildman–Crippen LogP) is 2.30. The third kappa shape index (κ3) is 2.37. The van der Waals surface area contributed by atoms with Crippen molar-refractivity contribution in [3.63, 3.8) is 0 Å². The van der Waals surface area contributed by atoms with Crippen molar-refractivity contribution in [1.29, 1.82) is 0 Å². The van der Waals surface area contributed by atoms with E-state index < -0.39 is 0 Å². The van der Waals surface area contributed by atoms with Gasteiger partial charge in [0.2, 0.25) is 0 Å². The van der Waals surface area contributed by atoms with Crippen LogP contribution in [0.25, 0.3) is 0 Å². The second kappa shape index (κ2) is 5.01. The number of likely N-dealkylation sites (N-methyl/N-ethyl adjacent to an activating group) is 1. The van der Waals surface area contributed by atoms with Gasteiger partial charge in [-0.3, -0.25) is 0 Å². The number of halogens is 2. The van der Waals surface area contributed by atoms with E-state index in [1.54, 1.807) is 0 Å². The molecule has 94 valence electrons. The van der Waals surface area contributed by atoms with E-state index in [9.17, 15) is 0 Å². The Labute approximate surface area is 113 Å². The molecule has 2 fully saturated rings. The molecule has 2 atom stereocenters. The van der Waals surface area contributed by atoms with E-state index in [2.05, 4.69) is 27.9 Å². The number of hydrogen-bond acceptors (Lipinski definition) is 3. The van der Waals surface area contributed by atoms with Crippen LogP contribution in [-0.2, 0) is 0 Å². The summed E-state index contributed by atoms with van der Waals surface area (Å²) in [6.07, 6.45) is 3.20. The molecular weight excluding hydrogens is 257 g/mol. The van der Waals surface area contributed by atoms with Gasteiger partial charge in [-0.25, -0.2) is 4.98 Å². The van der Waals surface area contributed by atoms with Crippen LogP contribution in [0.15, 0.2) is 18.3 Å². The normalized spacial score (nSPS) is 28.0. The van der Waals surface area contributed by atoms with Crippen LogP contribution in [-0.4, -0.2) is 42.6 Å². The Morgan fingerprint density at radius 3 is 2.88 bits per heavy atom. The van der Waals surface area contributed by atoms with E-state index >= 15 is 0 Å². The van der Waals surface area contributed by atoms with Gasteiger partial charge in [0.1, 0.15) is 5.15 Å². The van der Waals surface area contributed by atoms with Crippen LogP contribution in [0.3, 0.4) is 0 Å². The Bertz CT molecular complexity index is 382. The van der Waals surface area contributed by atoms with Crippen LogP contribution < -0.4 is 4.90 Å². The molecule has 0 amide bonds. The molecule has 1 aromatic rings. The zero-order valence-electron chi connectivity index (χ0n) is 9.84. The molecule has 2 aliphatic rings. The van der Waals surface area contributed by atoms with Gasteiger partial charge in [0, 0.05) is 25.7 Å². The molecular formula is C12H17Cl2N3. The van der Waals surface area contributed by atoms with Gasteiger partial charge in [0.05, 0.1) is 11.9 Å². The van der Waals surface area contributed by atoms with E-state index in [1.807, 2.05) is 12.3 Å². The monoisotopic (exact) mass is 273 g/mol. The second-order valence-electron chi connectivity index (χ2n) is 4.87. The van der Waals surface area contributed by atoms with Crippen LogP contribution in [0, 0.1) is 5.92 Å². The lowest BCUT2D eigenvalue weighted by atomic mass is 10.1. The van der Waals surface area contributed by atoms with Crippen molar-refractivity contribution in [3.8, 4) is 0 Å². The fourth-order valence-corrected chi connectivity index (χ4v) is 3.14. The van der Waals surface area contributed by atoms with Crippen molar-refractivity contribution in [2.45, 2.75) is 12.5 Å². The first-order chi connectivity index (χ1) is 7.74. The van der Waals surface area contributed by atoms with Gasteiger partial charge in [-0.05, 0) is 31.5 Å². The molecule has 0 spiro atoms. The summed E-state index contributed by atoms with van der Waals surface area (Å²) in [5, 5.41) is 0.572. The highest BCUT2D eigenvalue weighted by atomic mass is 35.5. The maximum Gasteiger partial charge on any atom is 0.129 e. The summed E-state index contributed by atoms with van der Waals surface area (Å²) in [4.78, 5) is 9.07. The number of likely N-dealkylation sites (tertiary alicyclic amines) is 1. The van der Waals surface area contributed by atoms with Crippen LogP contribution >= 0.6 is 24.0 Å². The molecule has 0 saturated carbocycles. The summed E-state index contributed by atoms with van der Waals surface area (Å²) < 4.78 is 0. The first kappa shape index (κ1) is 12.9. The lowest BCUT2D eigenvalue weighted by Gasteiger charge is -2.25. The molecule has 1 aromatic heterocycles. The molecule has 0 aromatic carbocycles. The summed E-state index contributed by atoms with van der Waals surface area (Å²) >= 11 is 5.81. The average Bonchev–Trinajstić information content (AvgIpc) is 2.78. The minimum atomic E-state index is 0. The SMILES string of the molecule is CN1C[C@@H]2CCN(c3ccc(Cl)nc3)[C@@H]2C1.Cl. The van der Waals surface area contributed by atoms with Crippen molar-refractivity contribution in [3.05, 3.63) is 23.5 Å². The third-order valence-electron chi connectivity index (χ3n) is 3.77. The summed E-state index contributed by atoms with van der Waals surface area (Å²) in [5.74, 6) is 0.834. The molecule has 5 heteroatoms. The molecule has 3 heterocycles. The van der Waals surface area contributed by atoms with E-state index in [4.69, 9.17) is 11.6 Å². The van der Waals surface area contributed by atoms with Gasteiger partial charge in [0.25, 0.3) is 0 Å². The zero-order valence-corrected chi connectivity index (χ0v) is 11.4. The van der Waals surface area contributed by atoms with E-state index in [1.165, 1.54) is 25.2 Å². The summed E-state index contributed by atoms with van der Waals surface area (Å²) in [7, 11) is 2.20. The molecule has 0 radical (unpaired) electrons. The number of rotatable bonds is 1. The number of nitrogens with zero attached hydrogens (tertiary/aromatic N) is 3. The number of fused-ring (bicyclic) bond motifs is 1. The van der Waals surface area contributed by atoms with Gasteiger partial charge < -0.3 is 9.80 Å². The number of pyridine rings is 1. The molecule has 0 aliphatic carbocycles. The smallest absolute Gasteiger partial charge is 0.129 e. The standard InChI is InChI=1S/C12H16ClN3.ClH/c1-15-7-9-4-5-16(11(9)8-15)10-2-3-12(13)14-6-10;/h2-3,6,9,11H,4-5,7-8H2,1H3;1H/t9-,11+;/m0./s1. The van der Waals surface area contributed by atoms with Crippen molar-refractivity contribution < 1.29 is 0 Å². The van der Waals surface area contributed by atoms with Crippen molar-refractivity contribution in [1.82, 2.24) is 9.88 Å². The molecule has 3 rings (SSSR count). The summed E-state index contributed by atoms with van der Waals surface area (Å²) in [6.45, 7) is 3.57. The lowest BCUT2D eigenvalue weighted by Crippen LogP contribution is -2.34. The maximum atomic E-state index is 5.81. The van der Waals surface area contributed by atoms with Crippen LogP contribution in [0.2, 0.25) is 5.15 Å². The molecule has 0 bridgehead atoms. The molecule has 3 nitrogen and oxygen atoms in total. The van der Waals surface area contributed by atoms with Gasteiger partial charge in [-0.2, -0.15) is 0 Å². The minimum Gasteiger partial charge on any atom is -0.366 e. The Kier molecular flexibility index (Phi) is 3.81. The first-order valence-corrected chi connectivity index (χ1v) is 6.18. The van der Waals surface area contributed by atoms with Crippen molar-refractivity contribution in [2.75, 3.05) is 31.6 Å². The van der Waals surface area contributed by atoms with E-state index in [0.717, 1.165) is 12.5 Å². The molecule has 2 aliphatic heterocycles. The molecule has 17 heavy (non-hydrogen) atoms. The van der Waals surface area contributed by atoms with Gasteiger partial charge in [0.15, 0.2) is 0 Å². The van der Waals surface area contributed by atoms with Gasteiger partial charge in [-0.1, -0.05) is 11.6 Å². The van der Waals surface area contributed by atoms with E-state index in [-0.39, 0.29) is 12.4 Å². The van der Waals surface area contributed by atoms with Gasteiger partial charge in [-0.15, -0.1) is 12.4 Å². The lowest BCUT2D eigenvalue weighted by molar-refractivity contribution is 0.386. The third-order valence-corrected chi connectivity index (χ3v) is 4.00. The van der Waals surface area contributed by atoms with E-state index in [0.29, 0.717) is 11.2 Å². The topological polar surface area (TPSA) is 19.4 Å². The Morgan fingerprint density at radius 2 is 2.18 bits per heavy atom. The molecule has 0 unspecified atom stereocenters. The Balaban J connectivity index is 0.00000108. The highest BCUT2D eigenvalue weighted by Gasteiger charge is 2.39. The quantitative estimate of drug-likeness (QED) is 0.732. The molecule has 0 N–H and O–H groups in total. The van der Waals surface area contributed by atoms with Crippen LogP contribution in [0.4, 0.5) is 5.69 Å². The highest BCUT2D eigenvalue weighted by Crippen LogP contribution is 2.34. The fraction of sp³-hybridized carbons (Fsp3) is 0.583. The minimum absolute atomic E-state index is 0. The van der Waals surface area contributed by atoms with Crippen LogP contribution in [0.5, 0.6) is 0 Å². The average molecular weight is 274 g/mol. The number of hydrogen-bond donors (Lipinski definition) is 0. The fourth-order valence-electron chi connectivity index (χ4n) is 3.03. The van der Waals surface area contributed by atoms with Crippen molar-refractivity contribution in [2.24, 2.45) is 5.92 Å².